The lowest BCUT2D eigenvalue weighted by Gasteiger charge is -2.22. The average Bonchev–Trinajstić information content (AvgIpc) is 2.99. The Morgan fingerprint density at radius 1 is 1.20 bits per heavy atom. The number of carbonyl (C=O) groups excluding carboxylic acids is 1. The molecule has 30 heavy (non-hydrogen) atoms. The minimum Gasteiger partial charge on any atom is -0.496 e. The van der Waals surface area contributed by atoms with E-state index in [0.29, 0.717) is 28.9 Å². The zero-order valence-corrected chi connectivity index (χ0v) is 18.0. The van der Waals surface area contributed by atoms with Crippen molar-refractivity contribution in [3.8, 4) is 5.75 Å². The molecule has 3 rings (SSSR count). The van der Waals surface area contributed by atoms with Crippen LogP contribution in [0.15, 0.2) is 45.6 Å². The zero-order valence-electron chi connectivity index (χ0n) is 18.0. The minimum absolute atomic E-state index is 0.00316. The van der Waals surface area contributed by atoms with E-state index >= 15 is 0 Å². The number of fused-ring (bicyclic) bond motifs is 1. The van der Waals surface area contributed by atoms with Crippen LogP contribution >= 0.6 is 0 Å². The van der Waals surface area contributed by atoms with E-state index in [-0.39, 0.29) is 18.5 Å². The van der Waals surface area contributed by atoms with Crippen LogP contribution in [0.4, 0.5) is 0 Å². The molecule has 0 N–H and O–H groups in total. The monoisotopic (exact) mass is 416 g/mol. The van der Waals surface area contributed by atoms with Crippen LogP contribution in [0.2, 0.25) is 0 Å². The Kier molecular flexibility index (Phi) is 6.33. The maximum Gasteiger partial charge on any atom is 0.336 e. The first-order valence-electron chi connectivity index (χ1n) is 9.91. The molecule has 7 nitrogen and oxygen atoms in total. The fourth-order valence-corrected chi connectivity index (χ4v) is 3.50. The number of rotatable bonds is 7. The van der Waals surface area contributed by atoms with Gasteiger partial charge in [0.05, 0.1) is 12.7 Å². The third kappa shape index (κ3) is 4.74. The molecule has 2 heterocycles. The Labute approximate surface area is 175 Å². The zero-order chi connectivity index (χ0) is 22.1. The summed E-state index contributed by atoms with van der Waals surface area (Å²) in [5.74, 6) is -0.527. The normalized spacial score (nSPS) is 20.5. The molecule has 1 fully saturated rings. The maximum atomic E-state index is 12.0. The molecule has 0 aliphatic carbocycles. The van der Waals surface area contributed by atoms with E-state index in [2.05, 4.69) is 6.58 Å². The van der Waals surface area contributed by atoms with Gasteiger partial charge in [-0.2, -0.15) is 0 Å². The van der Waals surface area contributed by atoms with Gasteiger partial charge in [-0.1, -0.05) is 20.4 Å². The SMILES string of the molecule is C=C(COC(=O)CC(C)C)[C@@H]1OC(C)(C)O[C@H]1c1c(OC)ccc2ccc(=O)oc12. The third-order valence-corrected chi connectivity index (χ3v) is 4.78. The summed E-state index contributed by atoms with van der Waals surface area (Å²) in [5.41, 5.74) is 0.980. The van der Waals surface area contributed by atoms with Crippen molar-refractivity contribution >= 4 is 16.9 Å². The Morgan fingerprint density at radius 2 is 1.90 bits per heavy atom. The first kappa shape index (κ1) is 22.1. The topological polar surface area (TPSA) is 84.2 Å². The first-order valence-corrected chi connectivity index (χ1v) is 9.91. The number of hydrogen-bond donors (Lipinski definition) is 0. The standard InChI is InChI=1S/C23H28O7/c1-13(2)11-18(25)27-12-14(3)20-22(30-23(4,5)29-20)19-16(26-6)9-7-15-8-10-17(24)28-21(15)19/h7-10,13,20,22H,3,11-12H2,1-2,4-6H3/t20-,22-/m0/s1. The number of carbonyl (C=O) groups is 1. The number of esters is 1. The lowest BCUT2D eigenvalue weighted by atomic mass is 9.96. The fourth-order valence-electron chi connectivity index (χ4n) is 3.50. The molecule has 2 atom stereocenters. The van der Waals surface area contributed by atoms with Crippen molar-refractivity contribution in [2.75, 3.05) is 13.7 Å². The molecule has 1 aromatic carbocycles. The Hall–Kier alpha value is -2.64. The van der Waals surface area contributed by atoms with Gasteiger partial charge in [-0.3, -0.25) is 4.79 Å². The highest BCUT2D eigenvalue weighted by Gasteiger charge is 2.45. The van der Waals surface area contributed by atoms with Crippen LogP contribution in [-0.4, -0.2) is 31.6 Å². The maximum absolute atomic E-state index is 12.0. The van der Waals surface area contributed by atoms with Crippen LogP contribution in [0.25, 0.3) is 11.0 Å². The summed E-state index contributed by atoms with van der Waals surface area (Å²) in [4.78, 5) is 23.9. The van der Waals surface area contributed by atoms with Crippen molar-refractivity contribution in [2.24, 2.45) is 5.92 Å². The molecule has 0 unspecified atom stereocenters. The second-order valence-electron chi connectivity index (χ2n) is 8.25. The first-order chi connectivity index (χ1) is 14.1. The lowest BCUT2D eigenvalue weighted by molar-refractivity contribution is -0.146. The smallest absolute Gasteiger partial charge is 0.336 e. The molecular weight excluding hydrogens is 388 g/mol. The van der Waals surface area contributed by atoms with Crippen LogP contribution in [0, 0.1) is 5.92 Å². The molecule has 0 radical (unpaired) electrons. The average molecular weight is 416 g/mol. The summed E-state index contributed by atoms with van der Waals surface area (Å²) >= 11 is 0. The second kappa shape index (κ2) is 8.62. The Bertz CT molecular complexity index is 1000. The van der Waals surface area contributed by atoms with Crippen molar-refractivity contribution in [1.29, 1.82) is 0 Å². The van der Waals surface area contributed by atoms with E-state index in [1.165, 1.54) is 13.2 Å². The van der Waals surface area contributed by atoms with Crippen molar-refractivity contribution in [3.05, 3.63) is 52.4 Å². The molecule has 7 heteroatoms. The van der Waals surface area contributed by atoms with E-state index in [1.54, 1.807) is 32.0 Å². The molecule has 0 bridgehead atoms. The van der Waals surface area contributed by atoms with Gasteiger partial charge in [-0.05, 0) is 43.5 Å². The van der Waals surface area contributed by atoms with Gasteiger partial charge in [0.15, 0.2) is 5.79 Å². The van der Waals surface area contributed by atoms with Gasteiger partial charge in [0.1, 0.15) is 30.1 Å². The van der Waals surface area contributed by atoms with Crippen molar-refractivity contribution in [3.63, 3.8) is 0 Å². The van der Waals surface area contributed by atoms with E-state index in [0.717, 1.165) is 5.39 Å². The molecular formula is C23H28O7. The van der Waals surface area contributed by atoms with E-state index in [1.807, 2.05) is 13.8 Å². The summed E-state index contributed by atoms with van der Waals surface area (Å²) in [7, 11) is 1.53. The molecule has 0 amide bonds. The minimum atomic E-state index is -0.928. The summed E-state index contributed by atoms with van der Waals surface area (Å²) in [6.45, 7) is 11.5. The number of ether oxygens (including phenoxy) is 4. The molecule has 1 saturated heterocycles. The van der Waals surface area contributed by atoms with E-state index in [9.17, 15) is 9.59 Å². The molecule has 1 aromatic heterocycles. The molecule has 1 aliphatic heterocycles. The van der Waals surface area contributed by atoms with Gasteiger partial charge < -0.3 is 23.4 Å². The molecule has 0 spiro atoms. The Morgan fingerprint density at radius 3 is 2.57 bits per heavy atom. The summed E-state index contributed by atoms with van der Waals surface area (Å²) in [6.07, 6.45) is -0.968. The predicted molar refractivity (Wildman–Crippen MR) is 111 cm³/mol. The van der Waals surface area contributed by atoms with Crippen LogP contribution in [-0.2, 0) is 19.0 Å². The molecule has 0 saturated carbocycles. The third-order valence-electron chi connectivity index (χ3n) is 4.78. The summed E-state index contributed by atoms with van der Waals surface area (Å²) < 4.78 is 28.6. The highest BCUT2D eigenvalue weighted by Crippen LogP contribution is 2.46. The predicted octanol–water partition coefficient (Wildman–Crippen LogP) is 4.14. The van der Waals surface area contributed by atoms with Crippen LogP contribution in [0.5, 0.6) is 5.75 Å². The summed E-state index contributed by atoms with van der Waals surface area (Å²) in [6, 6.07) is 6.63. The van der Waals surface area contributed by atoms with Crippen molar-refractivity contribution in [2.45, 2.75) is 52.1 Å². The van der Waals surface area contributed by atoms with Crippen molar-refractivity contribution in [1.82, 2.24) is 0 Å². The number of hydrogen-bond acceptors (Lipinski definition) is 7. The highest BCUT2D eigenvalue weighted by molar-refractivity contribution is 5.82. The number of benzene rings is 1. The molecule has 1 aliphatic rings. The highest BCUT2D eigenvalue weighted by atomic mass is 16.8. The van der Waals surface area contributed by atoms with Crippen LogP contribution in [0.3, 0.4) is 0 Å². The largest absolute Gasteiger partial charge is 0.496 e. The van der Waals surface area contributed by atoms with E-state index < -0.39 is 23.6 Å². The second-order valence-corrected chi connectivity index (χ2v) is 8.25. The van der Waals surface area contributed by atoms with Crippen LogP contribution < -0.4 is 10.4 Å². The van der Waals surface area contributed by atoms with Crippen molar-refractivity contribution < 1.29 is 28.2 Å². The van der Waals surface area contributed by atoms with Gasteiger partial charge in [0, 0.05) is 17.9 Å². The van der Waals surface area contributed by atoms with Gasteiger partial charge in [0.2, 0.25) is 0 Å². The van der Waals surface area contributed by atoms with Gasteiger partial charge in [-0.25, -0.2) is 4.79 Å². The van der Waals surface area contributed by atoms with Crippen LogP contribution in [0.1, 0.15) is 45.8 Å². The fraction of sp³-hybridized carbons (Fsp3) is 0.478. The quantitative estimate of drug-likeness (QED) is 0.381. The number of methoxy groups -OCH3 is 1. The van der Waals surface area contributed by atoms with Gasteiger partial charge >= 0.3 is 11.6 Å². The van der Waals surface area contributed by atoms with Gasteiger partial charge in [-0.15, -0.1) is 0 Å². The Balaban J connectivity index is 1.97. The molecule has 162 valence electrons. The van der Waals surface area contributed by atoms with Gasteiger partial charge in [0.25, 0.3) is 0 Å². The summed E-state index contributed by atoms with van der Waals surface area (Å²) in [5, 5.41) is 0.728. The van der Waals surface area contributed by atoms with E-state index in [4.69, 9.17) is 23.4 Å². The molecule has 2 aromatic rings. The lowest BCUT2D eigenvalue weighted by Crippen LogP contribution is -2.24.